The van der Waals surface area contributed by atoms with Crippen molar-refractivity contribution in [2.45, 2.75) is 26.7 Å². The Morgan fingerprint density at radius 3 is 2.00 bits per heavy atom. The van der Waals surface area contributed by atoms with Crippen LogP contribution >= 0.6 is 0 Å². The minimum Gasteiger partial charge on any atom is -0.344 e. The van der Waals surface area contributed by atoms with E-state index in [1.807, 2.05) is 0 Å². The Labute approximate surface area is 156 Å². The van der Waals surface area contributed by atoms with Crippen molar-refractivity contribution in [1.82, 2.24) is 0 Å². The van der Waals surface area contributed by atoms with Gasteiger partial charge in [0.2, 0.25) is 0 Å². The Kier molecular flexibility index (Phi) is 4.62. The molecule has 0 fully saturated rings. The van der Waals surface area contributed by atoms with E-state index in [-0.39, 0.29) is 0 Å². The summed E-state index contributed by atoms with van der Waals surface area (Å²) < 4.78 is 0. The summed E-state index contributed by atoms with van der Waals surface area (Å²) in [6.45, 7) is 5.34. The fourth-order valence-corrected chi connectivity index (χ4v) is 3.73. The quantitative estimate of drug-likeness (QED) is 0.549. The molecule has 26 heavy (non-hydrogen) atoms. The first kappa shape index (κ1) is 16.7. The maximum Gasteiger partial charge on any atom is 0.0408 e. The summed E-state index contributed by atoms with van der Waals surface area (Å²) in [7, 11) is 0. The molecule has 0 aromatic heterocycles. The molecular weight excluding hydrogens is 314 g/mol. The van der Waals surface area contributed by atoms with E-state index in [4.69, 9.17) is 0 Å². The van der Waals surface area contributed by atoms with Gasteiger partial charge in [-0.05, 0) is 49.1 Å². The average molecular weight is 339 g/mol. The summed E-state index contributed by atoms with van der Waals surface area (Å²) >= 11 is 0. The van der Waals surface area contributed by atoms with Crippen molar-refractivity contribution in [2.75, 3.05) is 11.4 Å². The van der Waals surface area contributed by atoms with Crippen molar-refractivity contribution in [2.24, 2.45) is 0 Å². The van der Waals surface area contributed by atoms with Crippen LogP contribution in [0.3, 0.4) is 0 Å². The van der Waals surface area contributed by atoms with Crippen LogP contribution in [0.4, 0.5) is 5.69 Å². The van der Waals surface area contributed by atoms with Crippen LogP contribution in [-0.4, -0.2) is 6.54 Å². The normalized spacial score (nSPS) is 14.2. The van der Waals surface area contributed by atoms with E-state index in [2.05, 4.69) is 97.6 Å². The SMILES string of the molecule is Cc1ccc(CC2=C(c3ccccc3)CCN2c2ccc(C)cc2)cc1. The molecule has 0 N–H and O–H groups in total. The molecule has 0 amide bonds. The molecule has 0 aliphatic carbocycles. The molecule has 0 spiro atoms. The van der Waals surface area contributed by atoms with Gasteiger partial charge in [0.15, 0.2) is 0 Å². The summed E-state index contributed by atoms with van der Waals surface area (Å²) in [5.74, 6) is 0. The van der Waals surface area contributed by atoms with Gasteiger partial charge in [-0.15, -0.1) is 0 Å². The van der Waals surface area contributed by atoms with E-state index < -0.39 is 0 Å². The van der Waals surface area contributed by atoms with Crippen molar-refractivity contribution in [3.63, 3.8) is 0 Å². The predicted molar refractivity (Wildman–Crippen MR) is 111 cm³/mol. The zero-order valence-electron chi connectivity index (χ0n) is 15.6. The van der Waals surface area contributed by atoms with Crippen LogP contribution in [0.25, 0.3) is 5.57 Å². The predicted octanol–water partition coefficient (Wildman–Crippen LogP) is 6.17. The maximum absolute atomic E-state index is 2.50. The lowest BCUT2D eigenvalue weighted by atomic mass is 9.99. The Morgan fingerprint density at radius 2 is 1.35 bits per heavy atom. The summed E-state index contributed by atoms with van der Waals surface area (Å²) in [5, 5.41) is 0. The summed E-state index contributed by atoms with van der Waals surface area (Å²) in [6, 6.07) is 28.7. The number of allylic oxidation sites excluding steroid dienone is 1. The van der Waals surface area contributed by atoms with E-state index in [9.17, 15) is 0 Å². The van der Waals surface area contributed by atoms with Crippen molar-refractivity contribution in [1.29, 1.82) is 0 Å². The van der Waals surface area contributed by atoms with Gasteiger partial charge in [-0.25, -0.2) is 0 Å². The Morgan fingerprint density at radius 1 is 0.731 bits per heavy atom. The molecule has 0 bridgehead atoms. The Bertz CT molecular complexity index is 903. The fourth-order valence-electron chi connectivity index (χ4n) is 3.73. The van der Waals surface area contributed by atoms with Crippen molar-refractivity contribution in [3.05, 3.63) is 107 Å². The third kappa shape index (κ3) is 3.43. The molecule has 1 aliphatic heterocycles. The van der Waals surface area contributed by atoms with E-state index in [1.54, 1.807) is 0 Å². The first-order valence-corrected chi connectivity index (χ1v) is 9.38. The van der Waals surface area contributed by atoms with Gasteiger partial charge in [0, 0.05) is 24.4 Å². The topological polar surface area (TPSA) is 3.24 Å². The molecule has 0 saturated heterocycles. The van der Waals surface area contributed by atoms with Gasteiger partial charge in [0.1, 0.15) is 0 Å². The van der Waals surface area contributed by atoms with Gasteiger partial charge in [-0.2, -0.15) is 0 Å². The molecule has 130 valence electrons. The number of nitrogens with zero attached hydrogens (tertiary/aromatic N) is 1. The largest absolute Gasteiger partial charge is 0.344 e. The smallest absolute Gasteiger partial charge is 0.0408 e. The van der Waals surface area contributed by atoms with Gasteiger partial charge in [-0.1, -0.05) is 77.9 Å². The highest BCUT2D eigenvalue weighted by atomic mass is 15.2. The number of hydrogen-bond donors (Lipinski definition) is 0. The number of benzene rings is 3. The van der Waals surface area contributed by atoms with Gasteiger partial charge in [0.05, 0.1) is 0 Å². The van der Waals surface area contributed by atoms with Crippen LogP contribution in [-0.2, 0) is 6.42 Å². The molecule has 1 nitrogen and oxygen atoms in total. The molecule has 4 rings (SSSR count). The first-order chi connectivity index (χ1) is 12.7. The second-order valence-electron chi connectivity index (χ2n) is 7.19. The lowest BCUT2D eigenvalue weighted by molar-refractivity contribution is 0.937. The van der Waals surface area contributed by atoms with Crippen LogP contribution in [0.5, 0.6) is 0 Å². The summed E-state index contributed by atoms with van der Waals surface area (Å²) in [5.41, 5.74) is 9.55. The summed E-state index contributed by atoms with van der Waals surface area (Å²) in [4.78, 5) is 2.50. The van der Waals surface area contributed by atoms with Crippen LogP contribution in [0, 0.1) is 13.8 Å². The number of aryl methyl sites for hydroxylation is 2. The average Bonchev–Trinajstić information content (AvgIpc) is 3.08. The minimum absolute atomic E-state index is 0.971. The first-order valence-electron chi connectivity index (χ1n) is 9.38. The van der Waals surface area contributed by atoms with E-state index >= 15 is 0 Å². The van der Waals surface area contributed by atoms with Crippen molar-refractivity contribution >= 4 is 11.3 Å². The molecule has 0 unspecified atom stereocenters. The van der Waals surface area contributed by atoms with Crippen LogP contribution in [0.15, 0.2) is 84.6 Å². The molecule has 0 radical (unpaired) electrons. The number of anilines is 1. The zero-order chi connectivity index (χ0) is 17.9. The molecule has 3 aromatic carbocycles. The van der Waals surface area contributed by atoms with E-state index in [1.165, 1.54) is 39.2 Å². The monoisotopic (exact) mass is 339 g/mol. The van der Waals surface area contributed by atoms with E-state index in [0.717, 1.165) is 19.4 Å². The molecule has 1 aliphatic rings. The van der Waals surface area contributed by atoms with Gasteiger partial charge >= 0.3 is 0 Å². The number of rotatable bonds is 4. The lowest BCUT2D eigenvalue weighted by Gasteiger charge is -2.23. The molecule has 0 saturated carbocycles. The van der Waals surface area contributed by atoms with Gasteiger partial charge in [0.25, 0.3) is 0 Å². The second-order valence-corrected chi connectivity index (χ2v) is 7.19. The third-order valence-corrected chi connectivity index (χ3v) is 5.22. The van der Waals surface area contributed by atoms with Crippen LogP contribution in [0.2, 0.25) is 0 Å². The fraction of sp³-hybridized carbons (Fsp3) is 0.200. The van der Waals surface area contributed by atoms with E-state index in [0.29, 0.717) is 0 Å². The number of hydrogen-bond acceptors (Lipinski definition) is 1. The van der Waals surface area contributed by atoms with Crippen molar-refractivity contribution in [3.8, 4) is 0 Å². The molecule has 1 heteroatoms. The second kappa shape index (κ2) is 7.21. The molecule has 1 heterocycles. The van der Waals surface area contributed by atoms with Gasteiger partial charge < -0.3 is 4.90 Å². The minimum atomic E-state index is 0.971. The van der Waals surface area contributed by atoms with Crippen molar-refractivity contribution < 1.29 is 0 Å². The molecular formula is C25H25N. The van der Waals surface area contributed by atoms with Gasteiger partial charge in [-0.3, -0.25) is 0 Å². The van der Waals surface area contributed by atoms with Crippen LogP contribution in [0.1, 0.15) is 28.7 Å². The zero-order valence-corrected chi connectivity index (χ0v) is 15.6. The Hall–Kier alpha value is -2.80. The third-order valence-electron chi connectivity index (χ3n) is 5.22. The standard InChI is InChI=1S/C25H25N/c1-19-8-12-21(13-9-19)18-25-24(22-6-4-3-5-7-22)16-17-26(25)23-14-10-20(2)11-15-23/h3-15H,16-18H2,1-2H3. The maximum atomic E-state index is 2.50. The Balaban J connectivity index is 1.75. The highest BCUT2D eigenvalue weighted by Gasteiger charge is 2.24. The molecule has 3 aromatic rings. The highest BCUT2D eigenvalue weighted by molar-refractivity contribution is 5.77. The highest BCUT2D eigenvalue weighted by Crippen LogP contribution is 2.36. The van der Waals surface area contributed by atoms with Crippen LogP contribution < -0.4 is 4.90 Å². The lowest BCUT2D eigenvalue weighted by Crippen LogP contribution is -2.20. The molecule has 0 atom stereocenters. The summed E-state index contributed by atoms with van der Waals surface area (Å²) in [6.07, 6.45) is 2.07.